The van der Waals surface area contributed by atoms with Crippen molar-refractivity contribution < 1.29 is 22.4 Å². The van der Waals surface area contributed by atoms with E-state index in [1.165, 1.54) is 7.11 Å². The van der Waals surface area contributed by atoms with Crippen LogP contribution in [0.5, 0.6) is 5.75 Å². The summed E-state index contributed by atoms with van der Waals surface area (Å²) in [5.41, 5.74) is 1.87. The van der Waals surface area contributed by atoms with Crippen LogP contribution < -0.4 is 10.1 Å². The summed E-state index contributed by atoms with van der Waals surface area (Å²) in [6, 6.07) is 11.2. The van der Waals surface area contributed by atoms with Gasteiger partial charge in [-0.15, -0.1) is 0 Å². The van der Waals surface area contributed by atoms with Gasteiger partial charge in [0.05, 0.1) is 30.2 Å². The highest BCUT2D eigenvalue weighted by atomic mass is 32.2. The smallest absolute Gasteiger partial charge is 0.228 e. The highest BCUT2D eigenvalue weighted by Gasteiger charge is 2.33. The van der Waals surface area contributed by atoms with Gasteiger partial charge in [0.25, 0.3) is 0 Å². The number of hydrogen-bond donors (Lipinski definition) is 1. The van der Waals surface area contributed by atoms with Crippen molar-refractivity contribution in [2.75, 3.05) is 23.9 Å². The summed E-state index contributed by atoms with van der Waals surface area (Å²) in [7, 11) is -1.58. The van der Waals surface area contributed by atoms with Crippen molar-refractivity contribution in [3.63, 3.8) is 0 Å². The van der Waals surface area contributed by atoms with E-state index in [9.17, 15) is 13.2 Å². The molecule has 7 heteroatoms. The molecule has 1 saturated heterocycles. The molecule has 1 aromatic heterocycles. The van der Waals surface area contributed by atoms with Gasteiger partial charge < -0.3 is 14.5 Å². The molecule has 1 aliphatic rings. The summed E-state index contributed by atoms with van der Waals surface area (Å²) >= 11 is 0. The minimum atomic E-state index is -3.11. The van der Waals surface area contributed by atoms with Gasteiger partial charge in [0.15, 0.2) is 9.84 Å². The second kappa shape index (κ2) is 5.77. The molecule has 1 atom stereocenters. The third kappa shape index (κ3) is 2.84. The number of carbonyl (C=O) groups is 1. The number of hydrogen-bond acceptors (Lipinski definition) is 5. The second-order valence-electron chi connectivity index (χ2n) is 6.24. The standard InChI is InChI=1S/C18H17NO5S/c1-23-17-8-13-12-4-2-3-5-15(12)24-16(13)9-14(17)19-18(20)11-6-7-25(21,22)10-11/h2-5,8-9,11H,6-7,10H2,1H3,(H,19,20)/t11-/m1/s1. The van der Waals surface area contributed by atoms with Crippen molar-refractivity contribution in [1.82, 2.24) is 0 Å². The van der Waals surface area contributed by atoms with E-state index in [0.29, 0.717) is 23.4 Å². The Balaban J connectivity index is 1.71. The van der Waals surface area contributed by atoms with Crippen molar-refractivity contribution in [2.45, 2.75) is 6.42 Å². The number of methoxy groups -OCH3 is 1. The molecule has 130 valence electrons. The highest BCUT2D eigenvalue weighted by Crippen LogP contribution is 2.36. The van der Waals surface area contributed by atoms with Gasteiger partial charge in [-0.3, -0.25) is 4.79 Å². The zero-order valence-electron chi connectivity index (χ0n) is 13.6. The Morgan fingerprint density at radius 1 is 1.20 bits per heavy atom. The van der Waals surface area contributed by atoms with Crippen molar-refractivity contribution in [2.24, 2.45) is 5.92 Å². The lowest BCUT2D eigenvalue weighted by molar-refractivity contribution is -0.119. The molecule has 1 amide bonds. The van der Waals surface area contributed by atoms with Crippen LogP contribution in [0.3, 0.4) is 0 Å². The predicted molar refractivity (Wildman–Crippen MR) is 95.7 cm³/mol. The van der Waals surface area contributed by atoms with Crippen molar-refractivity contribution in [3.8, 4) is 5.75 Å². The van der Waals surface area contributed by atoms with Crippen LogP contribution in [0.4, 0.5) is 5.69 Å². The molecule has 0 saturated carbocycles. The summed E-state index contributed by atoms with van der Waals surface area (Å²) in [6.07, 6.45) is 0.351. The summed E-state index contributed by atoms with van der Waals surface area (Å²) in [6.45, 7) is 0. The van der Waals surface area contributed by atoms with E-state index >= 15 is 0 Å². The topological polar surface area (TPSA) is 85.6 Å². The third-order valence-corrected chi connectivity index (χ3v) is 6.33. The van der Waals surface area contributed by atoms with Gasteiger partial charge in [0, 0.05) is 16.8 Å². The number of fused-ring (bicyclic) bond motifs is 3. The van der Waals surface area contributed by atoms with Gasteiger partial charge in [-0.05, 0) is 18.6 Å². The number of carbonyl (C=O) groups excluding carboxylic acids is 1. The van der Waals surface area contributed by atoms with Crippen LogP contribution >= 0.6 is 0 Å². The molecular formula is C18H17NO5S. The van der Waals surface area contributed by atoms with Crippen LogP contribution in [0.1, 0.15) is 6.42 Å². The van der Waals surface area contributed by atoms with Crippen molar-refractivity contribution in [3.05, 3.63) is 36.4 Å². The highest BCUT2D eigenvalue weighted by molar-refractivity contribution is 7.91. The normalized spacial score (nSPS) is 19.3. The number of nitrogens with one attached hydrogen (secondary N) is 1. The number of benzene rings is 2. The van der Waals surface area contributed by atoms with E-state index in [-0.39, 0.29) is 17.4 Å². The molecule has 3 aromatic rings. The quantitative estimate of drug-likeness (QED) is 0.777. The maximum atomic E-state index is 12.4. The molecule has 0 bridgehead atoms. The van der Waals surface area contributed by atoms with E-state index in [0.717, 1.165) is 16.4 Å². The SMILES string of the molecule is COc1cc2c(cc1NC(=O)[C@@H]1CCS(=O)(=O)C1)oc1ccccc12. The van der Waals surface area contributed by atoms with E-state index in [2.05, 4.69) is 5.32 Å². The zero-order chi connectivity index (χ0) is 17.6. The molecule has 0 unspecified atom stereocenters. The first kappa shape index (κ1) is 16.0. The van der Waals surface area contributed by atoms with Crippen LogP contribution in [0, 0.1) is 5.92 Å². The van der Waals surface area contributed by atoms with E-state index in [1.54, 1.807) is 6.07 Å². The lowest BCUT2D eigenvalue weighted by atomic mass is 10.1. The van der Waals surface area contributed by atoms with Gasteiger partial charge in [0.1, 0.15) is 16.9 Å². The Morgan fingerprint density at radius 2 is 2.00 bits per heavy atom. The summed E-state index contributed by atoms with van der Waals surface area (Å²) in [5, 5.41) is 4.65. The van der Waals surface area contributed by atoms with E-state index in [1.807, 2.05) is 30.3 Å². The first-order valence-electron chi connectivity index (χ1n) is 7.97. The monoisotopic (exact) mass is 359 g/mol. The first-order valence-corrected chi connectivity index (χ1v) is 9.79. The molecule has 2 heterocycles. The van der Waals surface area contributed by atoms with Crippen LogP contribution in [-0.4, -0.2) is 32.9 Å². The molecule has 6 nitrogen and oxygen atoms in total. The number of amides is 1. The number of ether oxygens (including phenoxy) is 1. The third-order valence-electron chi connectivity index (χ3n) is 4.56. The van der Waals surface area contributed by atoms with Gasteiger partial charge in [0.2, 0.25) is 5.91 Å². The molecule has 0 spiro atoms. The summed E-state index contributed by atoms with van der Waals surface area (Å²) in [5.74, 6) is -0.372. The van der Waals surface area contributed by atoms with Gasteiger partial charge in [-0.2, -0.15) is 0 Å². The number of sulfone groups is 1. The van der Waals surface area contributed by atoms with Crippen molar-refractivity contribution >= 4 is 43.4 Å². The molecular weight excluding hydrogens is 342 g/mol. The van der Waals surface area contributed by atoms with E-state index < -0.39 is 15.8 Å². The van der Waals surface area contributed by atoms with Gasteiger partial charge in [-0.1, -0.05) is 18.2 Å². The fourth-order valence-electron chi connectivity index (χ4n) is 3.25. The molecule has 1 aliphatic heterocycles. The fraction of sp³-hybridized carbons (Fsp3) is 0.278. The molecule has 2 aromatic carbocycles. The Kier molecular flexibility index (Phi) is 3.68. The van der Waals surface area contributed by atoms with Gasteiger partial charge >= 0.3 is 0 Å². The Morgan fingerprint density at radius 3 is 2.72 bits per heavy atom. The van der Waals surface area contributed by atoms with E-state index in [4.69, 9.17) is 9.15 Å². The number of para-hydroxylation sites is 1. The second-order valence-corrected chi connectivity index (χ2v) is 8.46. The molecule has 0 aliphatic carbocycles. The number of anilines is 1. The minimum Gasteiger partial charge on any atom is -0.495 e. The Bertz CT molecular complexity index is 1080. The average Bonchev–Trinajstić information content (AvgIpc) is 3.13. The number of furan rings is 1. The molecule has 1 N–H and O–H groups in total. The van der Waals surface area contributed by atoms with Crippen LogP contribution in [0.2, 0.25) is 0 Å². The number of rotatable bonds is 3. The molecule has 25 heavy (non-hydrogen) atoms. The Labute approximate surface area is 144 Å². The molecule has 4 rings (SSSR count). The summed E-state index contributed by atoms with van der Waals surface area (Å²) < 4.78 is 34.4. The lowest BCUT2D eigenvalue weighted by Crippen LogP contribution is -2.23. The zero-order valence-corrected chi connectivity index (χ0v) is 14.4. The van der Waals surface area contributed by atoms with Crippen LogP contribution in [-0.2, 0) is 14.6 Å². The fourth-order valence-corrected chi connectivity index (χ4v) is 5.00. The average molecular weight is 359 g/mol. The maximum Gasteiger partial charge on any atom is 0.228 e. The van der Waals surface area contributed by atoms with Crippen LogP contribution in [0.25, 0.3) is 21.9 Å². The van der Waals surface area contributed by atoms with Crippen LogP contribution in [0.15, 0.2) is 40.8 Å². The van der Waals surface area contributed by atoms with Crippen molar-refractivity contribution in [1.29, 1.82) is 0 Å². The predicted octanol–water partition coefficient (Wildman–Crippen LogP) is 2.97. The lowest BCUT2D eigenvalue weighted by Gasteiger charge is -2.13. The Hall–Kier alpha value is -2.54. The minimum absolute atomic E-state index is 0.0603. The largest absolute Gasteiger partial charge is 0.495 e. The maximum absolute atomic E-state index is 12.4. The summed E-state index contributed by atoms with van der Waals surface area (Å²) in [4.78, 5) is 12.4. The molecule has 0 radical (unpaired) electrons. The van der Waals surface area contributed by atoms with Gasteiger partial charge in [-0.25, -0.2) is 8.42 Å². The molecule has 1 fully saturated rings. The first-order chi connectivity index (χ1) is 12.0.